The van der Waals surface area contributed by atoms with Gasteiger partial charge in [-0.2, -0.15) is 9.78 Å². The minimum absolute atomic E-state index is 0.0324. The lowest BCUT2D eigenvalue weighted by molar-refractivity contribution is 0.0947. The van der Waals surface area contributed by atoms with E-state index in [4.69, 9.17) is 10.5 Å². The summed E-state index contributed by atoms with van der Waals surface area (Å²) in [7, 11) is 0. The van der Waals surface area contributed by atoms with Gasteiger partial charge < -0.3 is 10.5 Å². The van der Waals surface area contributed by atoms with Gasteiger partial charge in [0.2, 0.25) is 11.6 Å². The van der Waals surface area contributed by atoms with E-state index in [9.17, 15) is 9.18 Å². The lowest BCUT2D eigenvalue weighted by Gasteiger charge is -2.09. The molecule has 0 aliphatic rings. The van der Waals surface area contributed by atoms with E-state index in [1.807, 2.05) is 48.5 Å². The number of nitrogens with one attached hydrogen (secondary N) is 1. The first-order valence-electron chi connectivity index (χ1n) is 11.7. The SMILES string of the molecule is Nc1nonc1-n1nnc(C(=O)N/N=C\c2c3ccccc3cc3ccccc23)c1COc1ccc(F)cc1. The Balaban J connectivity index is 1.31. The van der Waals surface area contributed by atoms with Crippen LogP contribution in [0.4, 0.5) is 10.2 Å². The minimum atomic E-state index is -0.644. The number of nitrogen functional groups attached to an aromatic ring is 1. The molecule has 192 valence electrons. The van der Waals surface area contributed by atoms with Crippen LogP contribution in [0.1, 0.15) is 21.7 Å². The number of carbonyl (C=O) groups excluding carboxylic acids is 1. The first-order chi connectivity index (χ1) is 19.1. The summed E-state index contributed by atoms with van der Waals surface area (Å²) in [5, 5.41) is 23.5. The number of amides is 1. The van der Waals surface area contributed by atoms with Gasteiger partial charge in [-0.25, -0.2) is 14.4 Å². The number of carbonyl (C=O) groups is 1. The predicted octanol–water partition coefficient (Wildman–Crippen LogP) is 4.02. The zero-order valence-electron chi connectivity index (χ0n) is 20.2. The zero-order chi connectivity index (χ0) is 26.8. The van der Waals surface area contributed by atoms with Gasteiger partial charge in [-0.3, -0.25) is 4.79 Å². The highest BCUT2D eigenvalue weighted by Crippen LogP contribution is 2.27. The Morgan fingerprint density at radius 2 is 1.72 bits per heavy atom. The highest BCUT2D eigenvalue weighted by atomic mass is 19.1. The molecule has 0 saturated carbocycles. The van der Waals surface area contributed by atoms with E-state index < -0.39 is 11.7 Å². The Morgan fingerprint density at radius 3 is 2.38 bits per heavy atom. The standard InChI is InChI=1S/C27H19FN8O3/c28-18-9-11-19(12-10-18)38-15-23-24(31-35-36(23)26-25(29)33-39-34-26)27(37)32-30-14-22-20-7-3-1-5-16(20)13-17-6-2-4-8-21(17)22/h1-14H,15H2,(H2,29,33)(H,32,37)/b30-14-. The molecule has 3 N–H and O–H groups in total. The van der Waals surface area contributed by atoms with Crippen molar-refractivity contribution in [3.63, 3.8) is 0 Å². The van der Waals surface area contributed by atoms with E-state index in [0.717, 1.165) is 27.1 Å². The summed E-state index contributed by atoms with van der Waals surface area (Å²) in [6.07, 6.45) is 1.60. The summed E-state index contributed by atoms with van der Waals surface area (Å²) in [6.45, 7) is -0.175. The Bertz CT molecular complexity index is 1790. The predicted molar refractivity (Wildman–Crippen MR) is 141 cm³/mol. The van der Waals surface area contributed by atoms with Gasteiger partial charge in [0.1, 0.15) is 23.9 Å². The van der Waals surface area contributed by atoms with E-state index in [1.54, 1.807) is 6.21 Å². The average Bonchev–Trinajstić information content (AvgIpc) is 3.57. The monoisotopic (exact) mass is 522 g/mol. The van der Waals surface area contributed by atoms with Crippen LogP contribution in [0.5, 0.6) is 5.75 Å². The number of rotatable bonds is 7. The molecule has 0 unspecified atom stereocenters. The normalized spacial score (nSPS) is 11.4. The summed E-state index contributed by atoms with van der Waals surface area (Å²) < 4.78 is 24.9. The molecule has 0 spiro atoms. The molecule has 6 rings (SSSR count). The van der Waals surface area contributed by atoms with Crippen molar-refractivity contribution >= 4 is 39.5 Å². The Hall–Kier alpha value is -5.65. The van der Waals surface area contributed by atoms with E-state index in [-0.39, 0.29) is 29.6 Å². The van der Waals surface area contributed by atoms with Crippen LogP contribution in [0.3, 0.4) is 0 Å². The maximum absolute atomic E-state index is 13.3. The van der Waals surface area contributed by atoms with Crippen LogP contribution >= 0.6 is 0 Å². The third kappa shape index (κ3) is 4.62. The second kappa shape index (κ2) is 10.0. The summed E-state index contributed by atoms with van der Waals surface area (Å²) in [4.78, 5) is 13.2. The number of nitrogens with two attached hydrogens (primary N) is 1. The van der Waals surface area contributed by atoms with Crippen LogP contribution in [0, 0.1) is 5.82 Å². The number of aromatic nitrogens is 5. The molecule has 11 nitrogen and oxygen atoms in total. The maximum Gasteiger partial charge on any atom is 0.293 e. The largest absolute Gasteiger partial charge is 0.487 e. The number of hydrazone groups is 1. The van der Waals surface area contributed by atoms with Crippen molar-refractivity contribution in [1.82, 2.24) is 30.7 Å². The third-order valence-corrected chi connectivity index (χ3v) is 6.04. The molecule has 12 heteroatoms. The highest BCUT2D eigenvalue weighted by molar-refractivity contribution is 6.13. The van der Waals surface area contributed by atoms with Crippen LogP contribution in [-0.4, -0.2) is 37.4 Å². The first-order valence-corrected chi connectivity index (χ1v) is 11.7. The molecule has 4 aromatic carbocycles. The third-order valence-electron chi connectivity index (χ3n) is 6.04. The number of hydrogen-bond donors (Lipinski definition) is 2. The fourth-order valence-electron chi connectivity index (χ4n) is 4.19. The number of anilines is 1. The molecule has 0 atom stereocenters. The Kier molecular flexibility index (Phi) is 6.09. The summed E-state index contributed by atoms with van der Waals surface area (Å²) in [5.74, 6) is -0.717. The fraction of sp³-hybridized carbons (Fsp3) is 0.0370. The molecule has 0 bridgehead atoms. The van der Waals surface area contributed by atoms with E-state index in [1.165, 1.54) is 28.9 Å². The molecule has 0 radical (unpaired) electrons. The molecule has 1 amide bonds. The number of nitrogens with zero attached hydrogens (tertiary/aromatic N) is 6. The molecule has 0 fully saturated rings. The van der Waals surface area contributed by atoms with Crippen molar-refractivity contribution in [3.8, 4) is 11.6 Å². The second-order valence-corrected chi connectivity index (χ2v) is 8.44. The fourth-order valence-corrected chi connectivity index (χ4v) is 4.19. The second-order valence-electron chi connectivity index (χ2n) is 8.44. The van der Waals surface area contributed by atoms with Crippen molar-refractivity contribution in [2.75, 3.05) is 5.73 Å². The molecule has 39 heavy (non-hydrogen) atoms. The van der Waals surface area contributed by atoms with Crippen molar-refractivity contribution in [1.29, 1.82) is 0 Å². The quantitative estimate of drug-likeness (QED) is 0.182. The van der Waals surface area contributed by atoms with Gasteiger partial charge in [-0.05, 0) is 62.2 Å². The van der Waals surface area contributed by atoms with Crippen LogP contribution in [0.25, 0.3) is 27.4 Å². The van der Waals surface area contributed by atoms with Gasteiger partial charge in [0.15, 0.2) is 5.69 Å². The molecular formula is C27H19FN8O3. The molecule has 0 aliphatic carbocycles. The number of hydrogen-bond acceptors (Lipinski definition) is 9. The Morgan fingerprint density at radius 1 is 1.03 bits per heavy atom. The lowest BCUT2D eigenvalue weighted by atomic mass is 9.97. The molecule has 0 aliphatic heterocycles. The van der Waals surface area contributed by atoms with Gasteiger partial charge in [-0.1, -0.05) is 53.7 Å². The smallest absolute Gasteiger partial charge is 0.293 e. The topological polar surface area (TPSA) is 146 Å². The number of fused-ring (bicyclic) bond motifs is 2. The number of ether oxygens (including phenoxy) is 1. The lowest BCUT2D eigenvalue weighted by Crippen LogP contribution is -2.21. The molecule has 0 saturated heterocycles. The highest BCUT2D eigenvalue weighted by Gasteiger charge is 2.24. The summed E-state index contributed by atoms with van der Waals surface area (Å²) in [6, 6.07) is 23.4. The van der Waals surface area contributed by atoms with Crippen molar-refractivity contribution in [2.45, 2.75) is 6.61 Å². The van der Waals surface area contributed by atoms with Crippen LogP contribution in [-0.2, 0) is 6.61 Å². The molecule has 2 aromatic heterocycles. The van der Waals surface area contributed by atoms with E-state index in [2.05, 4.69) is 41.8 Å². The molecular weight excluding hydrogens is 503 g/mol. The zero-order valence-corrected chi connectivity index (χ0v) is 20.2. The van der Waals surface area contributed by atoms with Gasteiger partial charge in [-0.15, -0.1) is 5.10 Å². The van der Waals surface area contributed by atoms with Crippen LogP contribution < -0.4 is 15.9 Å². The Labute approximate surface area is 219 Å². The summed E-state index contributed by atoms with van der Waals surface area (Å²) in [5.41, 5.74) is 9.31. The van der Waals surface area contributed by atoms with E-state index >= 15 is 0 Å². The van der Waals surface area contributed by atoms with Crippen molar-refractivity contribution in [2.24, 2.45) is 5.10 Å². The maximum atomic E-state index is 13.3. The number of halogens is 1. The average molecular weight is 523 g/mol. The first kappa shape index (κ1) is 23.7. The van der Waals surface area contributed by atoms with Gasteiger partial charge >= 0.3 is 0 Å². The van der Waals surface area contributed by atoms with Crippen LogP contribution in [0.2, 0.25) is 0 Å². The van der Waals surface area contributed by atoms with Crippen molar-refractivity contribution < 1.29 is 18.6 Å². The van der Waals surface area contributed by atoms with Crippen LogP contribution in [0.15, 0.2) is 88.6 Å². The van der Waals surface area contributed by atoms with E-state index in [0.29, 0.717) is 5.75 Å². The van der Waals surface area contributed by atoms with Crippen molar-refractivity contribution in [3.05, 3.63) is 102 Å². The van der Waals surface area contributed by atoms with Gasteiger partial charge in [0.25, 0.3) is 5.91 Å². The minimum Gasteiger partial charge on any atom is -0.487 e. The summed E-state index contributed by atoms with van der Waals surface area (Å²) >= 11 is 0. The number of benzene rings is 4. The molecule has 6 aromatic rings. The van der Waals surface area contributed by atoms with Gasteiger partial charge in [0.05, 0.1) is 6.21 Å². The molecule has 2 heterocycles. The van der Waals surface area contributed by atoms with Gasteiger partial charge in [0, 0.05) is 5.56 Å².